The van der Waals surface area contributed by atoms with Gasteiger partial charge in [0.05, 0.1) is 0 Å². The van der Waals surface area contributed by atoms with E-state index in [2.05, 4.69) is 27.4 Å². The first-order valence-electron chi connectivity index (χ1n) is 7.58. The predicted molar refractivity (Wildman–Crippen MR) is 82.5 cm³/mol. The molecule has 0 aliphatic carbocycles. The number of likely N-dealkylation sites (N-methyl/N-ethyl adjacent to an activating group) is 1. The summed E-state index contributed by atoms with van der Waals surface area (Å²) in [4.78, 5) is 4.80. The molecule has 1 rings (SSSR count). The highest BCUT2D eigenvalue weighted by atomic mass is 31.1. The smallest absolute Gasteiger partial charge is 0.315 e. The molecule has 1 aliphatic heterocycles. The van der Waals surface area contributed by atoms with Gasteiger partial charge in [0.15, 0.2) is 6.29 Å². The van der Waals surface area contributed by atoms with Crippen LogP contribution in [0.2, 0.25) is 0 Å². The van der Waals surface area contributed by atoms with Crippen LogP contribution in [0.5, 0.6) is 0 Å². The van der Waals surface area contributed by atoms with Gasteiger partial charge >= 0.3 is 8.46 Å². The fourth-order valence-corrected chi connectivity index (χ4v) is 2.87. The van der Waals surface area contributed by atoms with Crippen LogP contribution in [0.1, 0.15) is 19.8 Å². The van der Waals surface area contributed by atoms with E-state index in [1.165, 1.54) is 13.0 Å². The van der Waals surface area contributed by atoms with Crippen LogP contribution in [0.4, 0.5) is 0 Å². The van der Waals surface area contributed by atoms with Gasteiger partial charge in [0.25, 0.3) is 0 Å². The Bertz CT molecular complexity index is 215. The van der Waals surface area contributed by atoms with E-state index in [4.69, 9.17) is 0 Å². The maximum atomic E-state index is 10.8. The molecule has 0 aromatic heterocycles. The summed E-state index contributed by atoms with van der Waals surface area (Å²) in [7, 11) is -0.209. The summed E-state index contributed by atoms with van der Waals surface area (Å²) in [5.74, 6) is 0. The normalized spacial score (nSPS) is 23.2. The molecule has 6 heteroatoms. The molecule has 0 spiro atoms. The molecular weight excluding hydrogens is 259 g/mol. The third-order valence-electron chi connectivity index (χ3n) is 3.60. The summed E-state index contributed by atoms with van der Waals surface area (Å²) in [6, 6.07) is 0. The van der Waals surface area contributed by atoms with Gasteiger partial charge in [-0.2, -0.15) is 0 Å². The van der Waals surface area contributed by atoms with E-state index in [0.717, 1.165) is 58.8 Å². The number of nitrogens with one attached hydrogen (secondary N) is 2. The first-order chi connectivity index (χ1) is 9.36. The lowest BCUT2D eigenvalue weighted by Crippen LogP contribution is -2.38. The highest BCUT2D eigenvalue weighted by Crippen LogP contribution is 2.00. The molecule has 19 heavy (non-hydrogen) atoms. The molecule has 0 aromatic rings. The van der Waals surface area contributed by atoms with Gasteiger partial charge in [-0.3, -0.25) is 4.90 Å². The Labute approximate surface area is 119 Å². The Morgan fingerprint density at radius 3 is 2.05 bits per heavy atom. The fraction of sp³-hybridized carbons (Fsp3) is 1.00. The lowest BCUT2D eigenvalue weighted by molar-refractivity contribution is 0.270. The van der Waals surface area contributed by atoms with Crippen LogP contribution in [0.15, 0.2) is 0 Å². The lowest BCUT2D eigenvalue weighted by Gasteiger charge is -2.22. The van der Waals surface area contributed by atoms with Gasteiger partial charge in [-0.15, -0.1) is 0 Å². The van der Waals surface area contributed by atoms with Crippen molar-refractivity contribution in [2.24, 2.45) is 0 Å². The zero-order chi connectivity index (χ0) is 13.8. The Morgan fingerprint density at radius 1 is 0.895 bits per heavy atom. The van der Waals surface area contributed by atoms with Crippen LogP contribution < -0.4 is 10.6 Å². The summed E-state index contributed by atoms with van der Waals surface area (Å²) in [5, 5.41) is 7.00. The molecule has 112 valence electrons. The second kappa shape index (κ2) is 11.7. The first kappa shape index (κ1) is 17.0. The van der Waals surface area contributed by atoms with Crippen LogP contribution >= 0.6 is 8.46 Å². The molecule has 0 radical (unpaired) electrons. The number of hydrogen-bond donors (Lipinski definition) is 2. The monoisotopic (exact) mass is 289 g/mol. The Kier molecular flexibility index (Phi) is 10.5. The molecule has 1 unspecified atom stereocenters. The molecule has 0 amide bonds. The van der Waals surface area contributed by atoms with Crippen LogP contribution in [0.3, 0.4) is 0 Å². The van der Waals surface area contributed by atoms with Crippen LogP contribution in [0.25, 0.3) is 0 Å². The average molecular weight is 289 g/mol. The summed E-state index contributed by atoms with van der Waals surface area (Å²) in [6.45, 7) is 12.0. The van der Waals surface area contributed by atoms with Gasteiger partial charge in [-0.1, -0.05) is 11.5 Å². The highest BCUT2D eigenvalue weighted by Gasteiger charge is 2.08. The van der Waals surface area contributed by atoms with E-state index >= 15 is 0 Å². The van der Waals surface area contributed by atoms with Gasteiger partial charge in [-0.05, 0) is 39.0 Å². The summed E-state index contributed by atoms with van der Waals surface area (Å²) in [5.41, 5.74) is 0. The minimum absolute atomic E-state index is 0.209. The molecule has 1 heterocycles. The second-order valence-electron chi connectivity index (χ2n) is 5.06. The first-order valence-corrected chi connectivity index (χ1v) is 8.69. The van der Waals surface area contributed by atoms with Gasteiger partial charge in [0.1, 0.15) is 0 Å². The fourth-order valence-electron chi connectivity index (χ4n) is 2.37. The number of nitrogens with zero attached hydrogens (tertiary/aromatic N) is 2. The Morgan fingerprint density at radius 2 is 1.47 bits per heavy atom. The second-order valence-corrected chi connectivity index (χ2v) is 5.67. The van der Waals surface area contributed by atoms with E-state index in [1.807, 2.05) is 0 Å². The number of hydrogen-bond acceptors (Lipinski definition) is 5. The quantitative estimate of drug-likeness (QED) is 0.744. The van der Waals surface area contributed by atoms with E-state index in [1.54, 1.807) is 0 Å². The van der Waals surface area contributed by atoms with Crippen molar-refractivity contribution in [3.05, 3.63) is 0 Å². The zero-order valence-corrected chi connectivity index (χ0v) is 13.3. The maximum Gasteiger partial charge on any atom is 0.340 e. The van der Waals surface area contributed by atoms with Crippen molar-refractivity contribution >= 4 is 8.46 Å². The van der Waals surface area contributed by atoms with E-state index in [-0.39, 0.29) is 8.46 Å². The minimum atomic E-state index is -0.209. The molecule has 0 bridgehead atoms. The van der Waals surface area contributed by atoms with Crippen LogP contribution in [-0.4, -0.2) is 75.0 Å². The summed E-state index contributed by atoms with van der Waals surface area (Å²) >= 11 is 0. The third kappa shape index (κ3) is 8.66. The molecule has 1 saturated heterocycles. The predicted octanol–water partition coefficient (Wildman–Crippen LogP) is 0.565. The van der Waals surface area contributed by atoms with Crippen molar-refractivity contribution in [2.45, 2.75) is 19.8 Å². The standard InChI is InChI=1S/C13H29N4OP/c1-2-16-9-3-5-15-8-12-17(13-19-18)10-4-6-14-7-11-16/h14-15H,2-13H2,1H3/p+1. The lowest BCUT2D eigenvalue weighted by atomic mass is 10.3. The third-order valence-corrected chi connectivity index (χ3v) is 4.18. The molecule has 0 saturated carbocycles. The summed E-state index contributed by atoms with van der Waals surface area (Å²) < 4.78 is 10.8. The Hall–Kier alpha value is -0.0600. The molecule has 1 aliphatic rings. The van der Waals surface area contributed by atoms with Crippen LogP contribution in [0, 0.1) is 0 Å². The molecule has 2 N–H and O–H groups in total. The molecular formula is C13H30N4OP+. The van der Waals surface area contributed by atoms with Crippen molar-refractivity contribution in [3.8, 4) is 0 Å². The minimum Gasteiger partial charge on any atom is -0.315 e. The van der Waals surface area contributed by atoms with Crippen molar-refractivity contribution in [1.82, 2.24) is 20.4 Å². The number of rotatable bonds is 3. The van der Waals surface area contributed by atoms with E-state index in [9.17, 15) is 4.57 Å². The van der Waals surface area contributed by atoms with Gasteiger partial charge in [0.2, 0.25) is 0 Å². The molecule has 0 aromatic carbocycles. The summed E-state index contributed by atoms with van der Waals surface area (Å²) in [6.07, 6.45) is 3.05. The maximum absolute atomic E-state index is 10.8. The average Bonchev–Trinajstić information content (AvgIpc) is 2.43. The topological polar surface area (TPSA) is 47.6 Å². The van der Waals surface area contributed by atoms with Crippen LogP contribution in [-0.2, 0) is 4.57 Å². The van der Waals surface area contributed by atoms with Gasteiger partial charge < -0.3 is 15.5 Å². The zero-order valence-electron chi connectivity index (χ0n) is 12.3. The van der Waals surface area contributed by atoms with Crippen molar-refractivity contribution < 1.29 is 4.57 Å². The SMILES string of the molecule is CCN1CCCNCCN(C[PH+]=O)CCCNCC1. The van der Waals surface area contributed by atoms with Gasteiger partial charge in [0, 0.05) is 32.7 Å². The molecule has 5 nitrogen and oxygen atoms in total. The van der Waals surface area contributed by atoms with Crippen molar-refractivity contribution in [3.63, 3.8) is 0 Å². The van der Waals surface area contributed by atoms with Crippen molar-refractivity contribution in [1.29, 1.82) is 0 Å². The highest BCUT2D eigenvalue weighted by molar-refractivity contribution is 7.23. The van der Waals surface area contributed by atoms with E-state index < -0.39 is 0 Å². The molecule has 1 atom stereocenters. The largest absolute Gasteiger partial charge is 0.340 e. The molecule has 1 fully saturated rings. The van der Waals surface area contributed by atoms with Crippen molar-refractivity contribution in [2.75, 3.05) is 65.2 Å². The van der Waals surface area contributed by atoms with Gasteiger partial charge in [-0.25, -0.2) is 0 Å². The van der Waals surface area contributed by atoms with E-state index in [0.29, 0.717) is 6.29 Å². The Balaban J connectivity index is 2.30.